The van der Waals surface area contributed by atoms with Gasteiger partial charge in [0.1, 0.15) is 17.5 Å². The van der Waals surface area contributed by atoms with E-state index in [4.69, 9.17) is 0 Å². The van der Waals surface area contributed by atoms with Crippen molar-refractivity contribution in [3.63, 3.8) is 0 Å². The summed E-state index contributed by atoms with van der Waals surface area (Å²) in [5, 5.41) is 10.7. The largest absolute Gasteiger partial charge is 0.239 e. The van der Waals surface area contributed by atoms with E-state index in [0.717, 1.165) is 45.8 Å². The Morgan fingerprint density at radius 1 is 0.218 bits per heavy atom. The van der Waals surface area contributed by atoms with Gasteiger partial charge in [0.2, 0.25) is 0 Å². The van der Waals surface area contributed by atoms with E-state index in [1.165, 1.54) is 147 Å². The normalized spacial score (nSPS) is 10.8. The number of hydrogen-bond donors (Lipinski definition) is 0. The predicted octanol–water partition coefficient (Wildman–Crippen LogP) is 28.1. The highest BCUT2D eigenvalue weighted by molar-refractivity contribution is 7.26. The van der Waals surface area contributed by atoms with Gasteiger partial charge in [-0.05, 0) is 184 Å². The van der Waals surface area contributed by atoms with Gasteiger partial charge in [0.05, 0.1) is 5.69 Å². The zero-order valence-corrected chi connectivity index (χ0v) is 65.9. The first-order valence-electron chi connectivity index (χ1n) is 37.8. The summed E-state index contributed by atoms with van der Waals surface area (Å²) in [6.07, 6.45) is 0. The van der Waals surface area contributed by atoms with Gasteiger partial charge in [-0.3, -0.25) is 0 Å². The summed E-state index contributed by atoms with van der Waals surface area (Å²) in [5.41, 5.74) is 26.6. The van der Waals surface area contributed by atoms with Crippen LogP contribution in [0, 0.1) is 83.1 Å². The first-order chi connectivity index (χ1) is 53.4. The van der Waals surface area contributed by atoms with Crippen molar-refractivity contribution in [3.05, 3.63) is 424 Å². The molecule has 0 aliphatic heterocycles. The molecule has 3 heterocycles. The van der Waals surface area contributed by atoms with Gasteiger partial charge in [-0.2, -0.15) is 0 Å². The van der Waals surface area contributed by atoms with Gasteiger partial charge in [0, 0.05) is 42.9 Å². The lowest BCUT2D eigenvalue weighted by atomic mass is 9.84. The minimum absolute atomic E-state index is 0.297. The third-order valence-corrected chi connectivity index (χ3v) is 20.6. The van der Waals surface area contributed by atoms with Crippen LogP contribution >= 0.6 is 11.3 Å². The molecule has 540 valence electrons. The molecule has 0 aliphatic carbocycles. The van der Waals surface area contributed by atoms with E-state index in [0.29, 0.717) is 5.92 Å². The Labute approximate surface area is 653 Å². The molecule has 0 saturated carbocycles. The Bertz CT molecular complexity index is 5770. The number of benzene rings is 15. The maximum Gasteiger partial charge on any atom is 0.163 e. The van der Waals surface area contributed by atoms with Crippen LogP contribution < -0.4 is 0 Å². The number of aryl methyl sites for hydroxylation is 12. The molecule has 0 spiro atoms. The third-order valence-electron chi connectivity index (χ3n) is 19.3. The standard InChI is InChI=1S/C26H20.C21H20.C20H16S.C14H14.C12H12N2.C11H11N3/c1-17-13-18(2)15-20(14-17)19-11-12-25-23-9-4-3-7-21(23)22-8-5-6-10-24(22)26(25)16-19;1-16-13-17(2)15-20(14-16)21(18-9-5-3-6-10-18)19-11-7-4-8-12-19;1-13-10-14(2)12-15(11-13)16-7-5-8-18-17-6-3-4-9-19(17)21-20(16)18;1-11-8-12(2)10-14(9-11)13-6-4-3-5-7-13;1-9-8-12(14-10(2)13-9)11-6-4-3-5-7-11;1-8-12-9(2)14-11(13-8)10-6-4-3-5-7-10/h3-16H,1-2H3;3-15,21H,1-2H3;3-12H,1-2H3;3-10H,1-2H3;3-8H,1-2H3;3-7H,1-2H3. The highest BCUT2D eigenvalue weighted by Gasteiger charge is 2.18. The molecule has 15 aromatic carbocycles. The SMILES string of the molecule is Cc1cc(-c2ccccc2)nc(C)n1.Cc1cc(C)cc(-c2ccc3c4ccccc4c4ccccc4c3c2)c1.Cc1cc(C)cc(-c2cccc3c2sc2ccccc23)c1.Cc1cc(C)cc(-c2ccccc2)c1.Cc1cc(C)cc(C(c2ccccc2)c2ccccc2)c1.Cc1nc(C)nc(-c2ccccc2)n1. The number of aromatic nitrogens is 5. The van der Waals surface area contributed by atoms with E-state index in [1.54, 1.807) is 0 Å². The Morgan fingerprint density at radius 2 is 0.591 bits per heavy atom. The van der Waals surface area contributed by atoms with Gasteiger partial charge < -0.3 is 0 Å². The van der Waals surface area contributed by atoms with Crippen molar-refractivity contribution in [3.8, 4) is 56.0 Å². The van der Waals surface area contributed by atoms with Gasteiger partial charge in [-0.15, -0.1) is 11.3 Å². The Morgan fingerprint density at radius 3 is 1.07 bits per heavy atom. The van der Waals surface area contributed by atoms with Crippen molar-refractivity contribution < 1.29 is 0 Å². The molecule has 110 heavy (non-hydrogen) atoms. The fraction of sp³-hybridized carbons (Fsp3) is 0.125. The minimum Gasteiger partial charge on any atom is -0.239 e. The Hall–Kier alpha value is -12.6. The fourth-order valence-corrected chi connectivity index (χ4v) is 16.2. The van der Waals surface area contributed by atoms with Crippen LogP contribution in [0.15, 0.2) is 340 Å². The van der Waals surface area contributed by atoms with E-state index in [9.17, 15) is 0 Å². The molecule has 6 heteroatoms. The maximum absolute atomic E-state index is 4.39. The lowest BCUT2D eigenvalue weighted by molar-refractivity contribution is 0.928. The average molecular weight is 1440 g/mol. The summed E-state index contributed by atoms with van der Waals surface area (Å²) in [7, 11) is 0. The molecular formula is C104H93N5S. The van der Waals surface area contributed by atoms with Gasteiger partial charge >= 0.3 is 0 Å². The van der Waals surface area contributed by atoms with Gasteiger partial charge in [0.25, 0.3) is 0 Å². The molecule has 3 aromatic heterocycles. The summed E-state index contributed by atoms with van der Waals surface area (Å²) < 4.78 is 2.76. The van der Waals surface area contributed by atoms with Crippen LogP contribution in [0.1, 0.15) is 90.3 Å². The zero-order chi connectivity index (χ0) is 76.6. The molecule has 0 amide bonds. The topological polar surface area (TPSA) is 64.5 Å². The van der Waals surface area contributed by atoms with E-state index in [2.05, 4.69) is 359 Å². The molecule has 0 radical (unpaired) electrons. The molecule has 5 nitrogen and oxygen atoms in total. The number of fused-ring (bicyclic) bond motifs is 9. The van der Waals surface area contributed by atoms with Crippen LogP contribution in [0.4, 0.5) is 0 Å². The van der Waals surface area contributed by atoms with Crippen LogP contribution in [0.5, 0.6) is 0 Å². The quantitative estimate of drug-likeness (QED) is 0.112. The third kappa shape index (κ3) is 19.0. The number of nitrogens with zero attached hydrogens (tertiary/aromatic N) is 5. The van der Waals surface area contributed by atoms with Crippen LogP contribution in [-0.4, -0.2) is 24.9 Å². The Kier molecular flexibility index (Phi) is 24.3. The van der Waals surface area contributed by atoms with Crippen LogP contribution in [0.25, 0.3) is 109 Å². The molecule has 0 bridgehead atoms. The lowest BCUT2D eigenvalue weighted by Gasteiger charge is -2.20. The molecule has 0 unspecified atom stereocenters. The molecule has 18 rings (SSSR count). The van der Waals surface area contributed by atoms with Gasteiger partial charge in [0.15, 0.2) is 5.82 Å². The molecule has 18 aromatic rings. The van der Waals surface area contributed by atoms with Crippen LogP contribution in [0.3, 0.4) is 0 Å². The number of thiophene rings is 1. The summed E-state index contributed by atoms with van der Waals surface area (Å²) in [6, 6.07) is 121. The van der Waals surface area contributed by atoms with E-state index < -0.39 is 0 Å². The monoisotopic (exact) mass is 1440 g/mol. The molecule has 0 saturated heterocycles. The molecular weight excluding hydrogens is 1350 g/mol. The van der Waals surface area contributed by atoms with E-state index in [1.807, 2.05) is 99.7 Å². The first-order valence-corrected chi connectivity index (χ1v) is 38.6. The highest BCUT2D eigenvalue weighted by atomic mass is 32.1. The van der Waals surface area contributed by atoms with Crippen molar-refractivity contribution in [2.45, 2.75) is 89.0 Å². The number of rotatable bonds is 8. The highest BCUT2D eigenvalue weighted by Crippen LogP contribution is 2.42. The van der Waals surface area contributed by atoms with E-state index in [-0.39, 0.29) is 0 Å². The van der Waals surface area contributed by atoms with Crippen molar-refractivity contribution in [2.75, 3.05) is 0 Å². The molecule has 0 aliphatic rings. The molecule has 0 N–H and O–H groups in total. The Balaban J connectivity index is 0.000000118. The van der Waals surface area contributed by atoms with Crippen LogP contribution in [0.2, 0.25) is 0 Å². The van der Waals surface area contributed by atoms with Crippen molar-refractivity contribution >= 4 is 63.8 Å². The van der Waals surface area contributed by atoms with E-state index >= 15 is 0 Å². The second kappa shape index (κ2) is 35.4. The summed E-state index contributed by atoms with van der Waals surface area (Å²) >= 11 is 1.89. The minimum atomic E-state index is 0.297. The fourth-order valence-electron chi connectivity index (χ4n) is 15.0. The summed E-state index contributed by atoms with van der Waals surface area (Å²) in [5.74, 6) is 3.39. The second-order valence-electron chi connectivity index (χ2n) is 28.7. The second-order valence-corrected chi connectivity index (χ2v) is 29.8. The molecule has 0 atom stereocenters. The van der Waals surface area contributed by atoms with Crippen LogP contribution in [-0.2, 0) is 0 Å². The van der Waals surface area contributed by atoms with Crippen molar-refractivity contribution in [2.24, 2.45) is 0 Å². The smallest absolute Gasteiger partial charge is 0.163 e. The van der Waals surface area contributed by atoms with Crippen molar-refractivity contribution in [1.82, 2.24) is 24.9 Å². The average Bonchev–Trinajstić information content (AvgIpc) is 1.23. The predicted molar refractivity (Wildman–Crippen MR) is 471 cm³/mol. The zero-order valence-electron chi connectivity index (χ0n) is 65.1. The lowest BCUT2D eigenvalue weighted by Crippen LogP contribution is -2.04. The van der Waals surface area contributed by atoms with Gasteiger partial charge in [-0.25, -0.2) is 24.9 Å². The van der Waals surface area contributed by atoms with Gasteiger partial charge in [-0.1, -0.05) is 366 Å². The molecule has 0 fully saturated rings. The maximum atomic E-state index is 4.39. The number of hydrogen-bond acceptors (Lipinski definition) is 6. The van der Waals surface area contributed by atoms with Crippen molar-refractivity contribution in [1.29, 1.82) is 0 Å². The first kappa shape index (κ1) is 75.6. The summed E-state index contributed by atoms with van der Waals surface area (Å²) in [4.78, 5) is 21.3. The summed E-state index contributed by atoms with van der Waals surface area (Å²) in [6.45, 7) is 24.9.